The van der Waals surface area contributed by atoms with Gasteiger partial charge in [-0.3, -0.25) is 9.59 Å². The smallest absolute Gasteiger partial charge is 0.484 e. The lowest BCUT2D eigenvalue weighted by atomic mass is 10.2. The lowest BCUT2D eigenvalue weighted by Gasteiger charge is -2.11. The second-order valence-corrected chi connectivity index (χ2v) is 6.36. The van der Waals surface area contributed by atoms with E-state index in [1.807, 2.05) is 0 Å². The zero-order chi connectivity index (χ0) is 23.0. The van der Waals surface area contributed by atoms with Crippen LogP contribution in [0, 0.1) is 5.82 Å². The second kappa shape index (κ2) is 10.6. The van der Waals surface area contributed by atoms with E-state index in [9.17, 15) is 27.2 Å². The van der Waals surface area contributed by atoms with Crippen LogP contribution in [-0.4, -0.2) is 36.3 Å². The van der Waals surface area contributed by atoms with Crippen molar-refractivity contribution >= 4 is 23.4 Å². The number of aromatic nitrogens is 1. The minimum atomic E-state index is -4.88. The van der Waals surface area contributed by atoms with Crippen molar-refractivity contribution in [3.63, 3.8) is 0 Å². The molecule has 166 valence electrons. The molecule has 1 heterocycles. The Morgan fingerprint density at radius 3 is 2.55 bits per heavy atom. The van der Waals surface area contributed by atoms with Crippen LogP contribution in [0.15, 0.2) is 48.8 Å². The Morgan fingerprint density at radius 1 is 1.19 bits per heavy atom. The van der Waals surface area contributed by atoms with Crippen molar-refractivity contribution in [2.75, 3.05) is 13.2 Å². The predicted molar refractivity (Wildman–Crippen MR) is 102 cm³/mol. The molecule has 2 rings (SSSR count). The molecule has 0 radical (unpaired) electrons. The Bertz CT molecular complexity index is 952. The fraction of sp³-hybridized carbons (Fsp3) is 0.211. The summed E-state index contributed by atoms with van der Waals surface area (Å²) in [5, 5.41) is 4.88. The van der Waals surface area contributed by atoms with Gasteiger partial charge in [-0.05, 0) is 18.2 Å². The summed E-state index contributed by atoms with van der Waals surface area (Å²) in [6.07, 6.45) is -3.79. The quantitative estimate of drug-likeness (QED) is 0.557. The number of alkyl halides is 3. The number of halogens is 5. The monoisotopic (exact) mass is 461 g/mol. The van der Waals surface area contributed by atoms with Crippen LogP contribution in [0.4, 0.5) is 17.6 Å². The van der Waals surface area contributed by atoms with E-state index in [1.54, 1.807) is 0 Å². The molecule has 0 saturated heterocycles. The molecule has 0 bridgehead atoms. The number of hydrogen-bond donors (Lipinski definition) is 2. The van der Waals surface area contributed by atoms with Gasteiger partial charge < -0.3 is 20.1 Å². The van der Waals surface area contributed by atoms with E-state index < -0.39 is 29.9 Å². The van der Waals surface area contributed by atoms with Crippen LogP contribution < -0.4 is 20.1 Å². The molecule has 1 aromatic carbocycles. The molecule has 12 heteroatoms. The Kier molecular flexibility index (Phi) is 8.20. The second-order valence-electron chi connectivity index (χ2n) is 5.96. The number of benzene rings is 1. The van der Waals surface area contributed by atoms with E-state index in [-0.39, 0.29) is 41.6 Å². The highest BCUT2D eigenvalue weighted by molar-refractivity contribution is 6.30. The summed E-state index contributed by atoms with van der Waals surface area (Å²) in [5.41, 5.74) is 0.241. The summed E-state index contributed by atoms with van der Waals surface area (Å²) < 4.78 is 58.4. The van der Waals surface area contributed by atoms with Crippen LogP contribution in [0.25, 0.3) is 0 Å². The van der Waals surface area contributed by atoms with Gasteiger partial charge in [0.05, 0.1) is 10.6 Å². The minimum Gasteiger partial charge on any atom is -0.484 e. The number of nitrogens with zero attached hydrogens (tertiary/aromatic N) is 1. The van der Waals surface area contributed by atoms with Gasteiger partial charge in [0.1, 0.15) is 11.6 Å². The number of hydrogen-bond acceptors (Lipinski definition) is 5. The van der Waals surface area contributed by atoms with Gasteiger partial charge >= 0.3 is 6.36 Å². The Hall–Kier alpha value is -3.34. The van der Waals surface area contributed by atoms with Gasteiger partial charge in [-0.25, -0.2) is 9.37 Å². The molecule has 2 amide bonds. The van der Waals surface area contributed by atoms with E-state index in [4.69, 9.17) is 16.3 Å². The molecule has 0 fully saturated rings. The molecule has 2 N–H and O–H groups in total. The van der Waals surface area contributed by atoms with Crippen molar-refractivity contribution in [3.8, 4) is 11.6 Å². The molecule has 31 heavy (non-hydrogen) atoms. The first kappa shape index (κ1) is 23.9. The maximum absolute atomic E-state index is 13.3. The summed E-state index contributed by atoms with van der Waals surface area (Å²) in [4.78, 5) is 27.2. The standard InChI is InChI=1S/C19H16ClF4N3O4/c1-11(27-18(29)12-2-5-17(26-9-12)31-19(22,23)24)6-7-25-16(28)10-30-13-3-4-14(20)15(21)8-13/h2-5,8-9H,1,6-7,10H2,(H,25,28)(H,27,29). The van der Waals surface area contributed by atoms with Crippen molar-refractivity contribution in [1.82, 2.24) is 15.6 Å². The number of carbonyl (C=O) groups is 2. The van der Waals surface area contributed by atoms with Crippen molar-refractivity contribution in [1.29, 1.82) is 0 Å². The lowest BCUT2D eigenvalue weighted by Crippen LogP contribution is -2.31. The number of ether oxygens (including phenoxy) is 2. The van der Waals surface area contributed by atoms with Gasteiger partial charge in [0, 0.05) is 37.0 Å². The predicted octanol–water partition coefficient (Wildman–Crippen LogP) is 3.60. The highest BCUT2D eigenvalue weighted by Crippen LogP contribution is 2.21. The molecule has 0 unspecified atom stereocenters. The number of rotatable bonds is 9. The van der Waals surface area contributed by atoms with Crippen LogP contribution in [0.1, 0.15) is 16.8 Å². The van der Waals surface area contributed by atoms with E-state index >= 15 is 0 Å². The average Bonchev–Trinajstić information content (AvgIpc) is 2.68. The van der Waals surface area contributed by atoms with Crippen molar-refractivity contribution < 1.29 is 36.6 Å². The first-order valence-electron chi connectivity index (χ1n) is 8.59. The van der Waals surface area contributed by atoms with Gasteiger partial charge in [-0.1, -0.05) is 18.2 Å². The molecule has 0 aliphatic carbocycles. The maximum atomic E-state index is 13.3. The van der Waals surface area contributed by atoms with Crippen molar-refractivity contribution in [3.05, 3.63) is 65.2 Å². The Morgan fingerprint density at radius 2 is 1.94 bits per heavy atom. The Labute approximate surface area is 179 Å². The fourth-order valence-electron chi connectivity index (χ4n) is 2.11. The van der Waals surface area contributed by atoms with Gasteiger partial charge in [0.15, 0.2) is 6.61 Å². The highest BCUT2D eigenvalue weighted by Gasteiger charge is 2.31. The topological polar surface area (TPSA) is 89.6 Å². The highest BCUT2D eigenvalue weighted by atomic mass is 35.5. The fourth-order valence-corrected chi connectivity index (χ4v) is 2.23. The number of carbonyl (C=O) groups excluding carboxylic acids is 2. The average molecular weight is 462 g/mol. The molecular weight excluding hydrogens is 446 g/mol. The molecule has 1 aromatic heterocycles. The number of amides is 2. The zero-order valence-corrected chi connectivity index (χ0v) is 16.5. The first-order valence-corrected chi connectivity index (χ1v) is 8.97. The molecular formula is C19H16ClF4N3O4. The van der Waals surface area contributed by atoms with Crippen LogP contribution in [0.2, 0.25) is 5.02 Å². The molecule has 0 aliphatic rings. The van der Waals surface area contributed by atoms with Crippen LogP contribution in [0.5, 0.6) is 11.6 Å². The summed E-state index contributed by atoms with van der Waals surface area (Å²) in [7, 11) is 0. The zero-order valence-electron chi connectivity index (χ0n) is 15.8. The maximum Gasteiger partial charge on any atom is 0.574 e. The minimum absolute atomic E-state index is 0.0108. The third kappa shape index (κ3) is 8.51. The molecule has 0 aliphatic heterocycles. The molecule has 2 aromatic rings. The van der Waals surface area contributed by atoms with Crippen molar-refractivity contribution in [2.45, 2.75) is 12.8 Å². The van der Waals surface area contributed by atoms with Gasteiger partial charge in [-0.2, -0.15) is 0 Å². The first-order chi connectivity index (χ1) is 14.5. The normalized spacial score (nSPS) is 10.9. The third-order valence-corrected chi connectivity index (χ3v) is 3.83. The van der Waals surface area contributed by atoms with Gasteiger partial charge in [0.2, 0.25) is 5.88 Å². The van der Waals surface area contributed by atoms with E-state index in [1.165, 1.54) is 12.1 Å². The SMILES string of the molecule is C=C(CCNC(=O)COc1ccc(Cl)c(F)c1)NC(=O)c1ccc(OC(F)(F)F)nc1. The Balaban J connectivity index is 1.70. The molecule has 0 saturated carbocycles. The van der Waals surface area contributed by atoms with E-state index in [0.29, 0.717) is 0 Å². The molecule has 0 spiro atoms. The van der Waals surface area contributed by atoms with E-state index in [0.717, 1.165) is 24.4 Å². The van der Waals surface area contributed by atoms with Crippen LogP contribution in [0.3, 0.4) is 0 Å². The summed E-state index contributed by atoms with van der Waals surface area (Å²) >= 11 is 5.55. The lowest BCUT2D eigenvalue weighted by molar-refractivity contribution is -0.276. The molecule has 0 atom stereocenters. The van der Waals surface area contributed by atoms with Gasteiger partial charge in [-0.15, -0.1) is 13.2 Å². The number of nitrogens with one attached hydrogen (secondary N) is 2. The largest absolute Gasteiger partial charge is 0.574 e. The summed E-state index contributed by atoms with van der Waals surface area (Å²) in [6.45, 7) is 3.39. The van der Waals surface area contributed by atoms with Gasteiger partial charge in [0.25, 0.3) is 11.8 Å². The van der Waals surface area contributed by atoms with Crippen LogP contribution in [-0.2, 0) is 4.79 Å². The third-order valence-electron chi connectivity index (χ3n) is 3.52. The number of pyridine rings is 1. The van der Waals surface area contributed by atoms with Crippen molar-refractivity contribution in [2.24, 2.45) is 0 Å². The van der Waals surface area contributed by atoms with Crippen LogP contribution >= 0.6 is 11.6 Å². The molecule has 7 nitrogen and oxygen atoms in total. The summed E-state index contributed by atoms with van der Waals surface area (Å²) in [5.74, 6) is -2.37. The summed E-state index contributed by atoms with van der Waals surface area (Å²) in [6, 6.07) is 5.76. The van der Waals surface area contributed by atoms with E-state index in [2.05, 4.69) is 26.9 Å².